The average molecular weight is 294 g/mol. The Morgan fingerprint density at radius 3 is 2.62 bits per heavy atom. The molecule has 1 saturated carbocycles. The van der Waals surface area contributed by atoms with Crippen LogP contribution in [-0.2, 0) is 0 Å². The summed E-state index contributed by atoms with van der Waals surface area (Å²) in [6.45, 7) is 1.57. The summed E-state index contributed by atoms with van der Waals surface area (Å²) >= 11 is 0. The molecule has 1 aliphatic carbocycles. The molecule has 5 nitrogen and oxygen atoms in total. The lowest BCUT2D eigenvalue weighted by Crippen LogP contribution is -2.27. The highest BCUT2D eigenvalue weighted by molar-refractivity contribution is 5.98. The highest BCUT2D eigenvalue weighted by Gasteiger charge is 2.41. The Kier molecular flexibility index (Phi) is 2.76. The second-order valence-electron chi connectivity index (χ2n) is 5.21. The highest BCUT2D eigenvalue weighted by atomic mass is 19.1. The number of nitrogens with two attached hydrogens (primary N) is 1. The molecule has 1 fully saturated rings. The Balaban J connectivity index is 2.51. The van der Waals surface area contributed by atoms with Crippen LogP contribution >= 0.6 is 0 Å². The lowest BCUT2D eigenvalue weighted by molar-refractivity contribution is 0.0694. The fourth-order valence-corrected chi connectivity index (χ4v) is 2.60. The Morgan fingerprint density at radius 1 is 1.48 bits per heavy atom. The van der Waals surface area contributed by atoms with E-state index in [1.807, 2.05) is 0 Å². The standard InChI is InChI=1S/C14H12F2N2O3/c1-5-2-9(16)11(17)6-3-7(14(20)21)13(19)18(12(5)6)10-4-8(10)15/h2-3,8,10H,4,17H2,1H3,(H,20,21)/t8-,10+/m0/s1. The zero-order chi connectivity index (χ0) is 15.5. The Bertz CT molecular complexity index is 844. The van der Waals surface area contributed by atoms with Crippen molar-refractivity contribution in [1.29, 1.82) is 0 Å². The summed E-state index contributed by atoms with van der Waals surface area (Å²) in [7, 11) is 0. The van der Waals surface area contributed by atoms with Crippen molar-refractivity contribution in [3.8, 4) is 0 Å². The van der Waals surface area contributed by atoms with E-state index in [-0.39, 0.29) is 23.0 Å². The van der Waals surface area contributed by atoms with Gasteiger partial charge in [0.25, 0.3) is 5.56 Å². The van der Waals surface area contributed by atoms with Crippen molar-refractivity contribution in [2.75, 3.05) is 5.73 Å². The first-order chi connectivity index (χ1) is 9.82. The Labute approximate surface area is 117 Å². The van der Waals surface area contributed by atoms with Gasteiger partial charge in [-0.05, 0) is 24.6 Å². The van der Waals surface area contributed by atoms with E-state index in [0.717, 1.165) is 16.7 Å². The van der Waals surface area contributed by atoms with Gasteiger partial charge < -0.3 is 15.4 Å². The van der Waals surface area contributed by atoms with Crippen molar-refractivity contribution in [3.05, 3.63) is 39.4 Å². The minimum atomic E-state index is -1.45. The van der Waals surface area contributed by atoms with E-state index in [4.69, 9.17) is 10.8 Å². The number of halogens is 2. The summed E-state index contributed by atoms with van der Waals surface area (Å²) in [5.41, 5.74) is 4.76. The van der Waals surface area contributed by atoms with Crippen molar-refractivity contribution in [2.24, 2.45) is 0 Å². The van der Waals surface area contributed by atoms with Crippen molar-refractivity contribution in [3.63, 3.8) is 0 Å². The third-order valence-corrected chi connectivity index (χ3v) is 3.74. The molecule has 3 N–H and O–H groups in total. The first-order valence-electron chi connectivity index (χ1n) is 6.34. The number of fused-ring (bicyclic) bond motifs is 1. The molecule has 3 rings (SSSR count). The normalized spacial score (nSPS) is 20.7. The van der Waals surface area contributed by atoms with Crippen LogP contribution in [0, 0.1) is 12.7 Å². The second-order valence-corrected chi connectivity index (χ2v) is 5.21. The molecule has 21 heavy (non-hydrogen) atoms. The zero-order valence-corrected chi connectivity index (χ0v) is 11.1. The summed E-state index contributed by atoms with van der Waals surface area (Å²) in [4.78, 5) is 23.5. The number of hydrogen-bond acceptors (Lipinski definition) is 3. The number of nitrogen functional groups attached to an aromatic ring is 1. The number of aryl methyl sites for hydroxylation is 1. The van der Waals surface area contributed by atoms with E-state index in [1.165, 1.54) is 0 Å². The molecule has 1 aliphatic rings. The first-order valence-corrected chi connectivity index (χ1v) is 6.34. The molecule has 0 spiro atoms. The van der Waals surface area contributed by atoms with Crippen molar-refractivity contribution in [2.45, 2.75) is 25.6 Å². The van der Waals surface area contributed by atoms with Crippen LogP contribution in [0.2, 0.25) is 0 Å². The number of nitrogens with zero attached hydrogens (tertiary/aromatic N) is 1. The van der Waals surface area contributed by atoms with Crippen LogP contribution in [0.5, 0.6) is 0 Å². The van der Waals surface area contributed by atoms with Gasteiger partial charge in [-0.25, -0.2) is 13.6 Å². The van der Waals surface area contributed by atoms with E-state index in [1.54, 1.807) is 6.92 Å². The molecule has 0 amide bonds. The van der Waals surface area contributed by atoms with Gasteiger partial charge in [-0.3, -0.25) is 4.79 Å². The van der Waals surface area contributed by atoms with Crippen LogP contribution < -0.4 is 11.3 Å². The average Bonchev–Trinajstić information content (AvgIpc) is 3.11. The lowest BCUT2D eigenvalue weighted by atomic mass is 10.1. The number of benzene rings is 1. The van der Waals surface area contributed by atoms with Gasteiger partial charge in [0.15, 0.2) is 0 Å². The number of pyridine rings is 1. The van der Waals surface area contributed by atoms with E-state index >= 15 is 0 Å². The van der Waals surface area contributed by atoms with Gasteiger partial charge in [0.05, 0.1) is 17.2 Å². The Hall–Kier alpha value is -2.44. The largest absolute Gasteiger partial charge is 0.477 e. The van der Waals surface area contributed by atoms with Crippen LogP contribution in [0.25, 0.3) is 10.9 Å². The van der Waals surface area contributed by atoms with E-state index in [2.05, 4.69) is 0 Å². The number of alkyl halides is 1. The van der Waals surface area contributed by atoms with Gasteiger partial charge in [-0.15, -0.1) is 0 Å². The number of carboxylic acids is 1. The molecule has 1 aromatic carbocycles. The highest BCUT2D eigenvalue weighted by Crippen LogP contribution is 2.41. The van der Waals surface area contributed by atoms with Gasteiger partial charge in [0.1, 0.15) is 17.6 Å². The van der Waals surface area contributed by atoms with Crippen molar-refractivity contribution >= 4 is 22.6 Å². The summed E-state index contributed by atoms with van der Waals surface area (Å²) in [6, 6.07) is 1.49. The molecule has 0 unspecified atom stereocenters. The van der Waals surface area contributed by atoms with E-state index < -0.39 is 35.1 Å². The van der Waals surface area contributed by atoms with Crippen LogP contribution in [-0.4, -0.2) is 21.8 Å². The molecule has 1 aromatic heterocycles. The topological polar surface area (TPSA) is 85.3 Å². The quantitative estimate of drug-likeness (QED) is 0.830. The van der Waals surface area contributed by atoms with Crippen molar-refractivity contribution < 1.29 is 18.7 Å². The molecule has 0 radical (unpaired) electrons. The number of rotatable bonds is 2. The van der Waals surface area contributed by atoms with Crippen LogP contribution in [0.1, 0.15) is 28.4 Å². The molecule has 110 valence electrons. The smallest absolute Gasteiger partial charge is 0.341 e. The Morgan fingerprint density at radius 2 is 2.10 bits per heavy atom. The summed E-state index contributed by atoms with van der Waals surface area (Å²) in [5, 5.41) is 9.22. The monoisotopic (exact) mass is 294 g/mol. The predicted molar refractivity (Wildman–Crippen MR) is 72.8 cm³/mol. The molecule has 0 bridgehead atoms. The lowest BCUT2D eigenvalue weighted by Gasteiger charge is -2.15. The van der Waals surface area contributed by atoms with Crippen LogP contribution in [0.15, 0.2) is 16.9 Å². The molecular formula is C14H12F2N2O3. The minimum absolute atomic E-state index is 0.114. The molecule has 2 atom stereocenters. The maximum atomic E-state index is 13.7. The first kappa shape index (κ1) is 13.5. The molecule has 7 heteroatoms. The maximum absolute atomic E-state index is 13.7. The van der Waals surface area contributed by atoms with Gasteiger partial charge in [-0.2, -0.15) is 0 Å². The number of hydrogen-bond donors (Lipinski definition) is 2. The van der Waals surface area contributed by atoms with E-state index in [0.29, 0.717) is 5.56 Å². The molecule has 2 aromatic rings. The van der Waals surface area contributed by atoms with Crippen molar-refractivity contribution in [1.82, 2.24) is 4.57 Å². The summed E-state index contributed by atoms with van der Waals surface area (Å²) < 4.78 is 28.2. The molecular weight excluding hydrogens is 282 g/mol. The maximum Gasteiger partial charge on any atom is 0.341 e. The van der Waals surface area contributed by atoms with Gasteiger partial charge in [0, 0.05) is 11.8 Å². The fraction of sp³-hybridized carbons (Fsp3) is 0.286. The number of aromatic nitrogens is 1. The second kappa shape index (κ2) is 4.28. The zero-order valence-electron chi connectivity index (χ0n) is 11.1. The fourth-order valence-electron chi connectivity index (χ4n) is 2.60. The van der Waals surface area contributed by atoms with Crippen LogP contribution in [0.3, 0.4) is 0 Å². The number of anilines is 1. The number of aromatic carboxylic acids is 1. The molecule has 1 heterocycles. The summed E-state index contributed by atoms with van der Waals surface area (Å²) in [6.07, 6.45) is -1.07. The third kappa shape index (κ3) is 1.88. The van der Waals surface area contributed by atoms with E-state index in [9.17, 15) is 18.4 Å². The molecule has 0 aliphatic heterocycles. The van der Waals surface area contributed by atoms with Gasteiger partial charge in [-0.1, -0.05) is 0 Å². The predicted octanol–water partition coefficient (Wildman–Crippen LogP) is 2.01. The SMILES string of the molecule is Cc1cc(F)c(N)c2cc(C(=O)O)c(=O)n([C@@H]3C[C@@H]3F)c12. The van der Waals surface area contributed by atoms with Gasteiger partial charge >= 0.3 is 5.97 Å². The number of carbonyl (C=O) groups is 1. The minimum Gasteiger partial charge on any atom is -0.477 e. The third-order valence-electron chi connectivity index (χ3n) is 3.74. The van der Waals surface area contributed by atoms with Gasteiger partial charge in [0.2, 0.25) is 0 Å². The van der Waals surface area contributed by atoms with Crippen LogP contribution in [0.4, 0.5) is 14.5 Å². The number of carboxylic acid groups (broad SMARTS) is 1. The molecule has 0 saturated heterocycles. The summed E-state index contributed by atoms with van der Waals surface area (Å²) in [5.74, 6) is -2.15.